The number of piperidine rings is 1. The second-order valence-corrected chi connectivity index (χ2v) is 8.37. The van der Waals surface area contributed by atoms with E-state index in [2.05, 4.69) is 35.7 Å². The predicted octanol–water partition coefficient (Wildman–Crippen LogP) is 3.32. The van der Waals surface area contributed by atoms with Crippen LogP contribution in [-0.4, -0.2) is 57.4 Å². The van der Waals surface area contributed by atoms with Gasteiger partial charge in [0.1, 0.15) is 16.2 Å². The number of aliphatic hydroxyl groups is 1. The maximum atomic E-state index is 13.0. The van der Waals surface area contributed by atoms with E-state index in [-0.39, 0.29) is 12.5 Å². The molecule has 1 aliphatic heterocycles. The summed E-state index contributed by atoms with van der Waals surface area (Å²) in [5, 5.41) is 24.2. The van der Waals surface area contributed by atoms with Crippen molar-refractivity contribution in [2.75, 3.05) is 41.8 Å². The Morgan fingerprint density at radius 3 is 2.91 bits per heavy atom. The first-order valence-corrected chi connectivity index (χ1v) is 11.4. The van der Waals surface area contributed by atoms with Gasteiger partial charge in [-0.3, -0.25) is 9.89 Å². The number of thiazole rings is 1. The van der Waals surface area contributed by atoms with E-state index in [0.717, 1.165) is 37.3 Å². The minimum absolute atomic E-state index is 0.0206. The quantitative estimate of drug-likeness (QED) is 0.335. The summed E-state index contributed by atoms with van der Waals surface area (Å²) in [6, 6.07) is 5.90. The summed E-state index contributed by atoms with van der Waals surface area (Å²) >= 11 is 1.38. The maximum absolute atomic E-state index is 13.0. The molecule has 1 fully saturated rings. The predicted molar refractivity (Wildman–Crippen MR) is 123 cm³/mol. The first-order chi connectivity index (χ1) is 15.7. The number of rotatable bonds is 7. The van der Waals surface area contributed by atoms with Crippen molar-refractivity contribution in [3.8, 4) is 10.7 Å². The van der Waals surface area contributed by atoms with Crippen LogP contribution in [0.2, 0.25) is 0 Å². The molecule has 0 saturated carbocycles. The Kier molecular flexibility index (Phi) is 5.73. The lowest BCUT2D eigenvalue weighted by atomic mass is 10.1. The van der Waals surface area contributed by atoms with Crippen molar-refractivity contribution in [2.24, 2.45) is 0 Å². The van der Waals surface area contributed by atoms with Crippen molar-refractivity contribution in [2.45, 2.75) is 19.3 Å². The smallest absolute Gasteiger partial charge is 0.295 e. The molecule has 4 aromatic rings. The number of aromatic amines is 1. The molecule has 3 aromatic heterocycles. The number of carbonyl (C=O) groups is 1. The lowest BCUT2D eigenvalue weighted by Crippen LogP contribution is -2.30. The van der Waals surface area contributed by atoms with E-state index >= 15 is 0 Å². The van der Waals surface area contributed by atoms with Gasteiger partial charge < -0.3 is 25.1 Å². The van der Waals surface area contributed by atoms with Crippen LogP contribution >= 0.6 is 11.3 Å². The second kappa shape index (κ2) is 8.97. The number of hydrogen-bond acceptors (Lipinski definition) is 9. The fourth-order valence-corrected chi connectivity index (χ4v) is 4.54. The normalized spacial score (nSPS) is 14.1. The van der Waals surface area contributed by atoms with E-state index in [9.17, 15) is 4.79 Å². The van der Waals surface area contributed by atoms with Crippen molar-refractivity contribution in [3.05, 3.63) is 35.5 Å². The third-order valence-corrected chi connectivity index (χ3v) is 6.18. The van der Waals surface area contributed by atoms with E-state index in [1.165, 1.54) is 17.8 Å². The molecule has 1 aliphatic rings. The third kappa shape index (κ3) is 4.16. The minimum Gasteiger partial charge on any atom is -0.423 e. The minimum atomic E-state index is -0.289. The largest absolute Gasteiger partial charge is 0.423 e. The molecular weight excluding hydrogens is 430 g/mol. The fourth-order valence-electron chi connectivity index (χ4n) is 3.76. The molecule has 1 saturated heterocycles. The molecule has 10 nitrogen and oxygen atoms in total. The molecule has 166 valence electrons. The Morgan fingerprint density at radius 2 is 2.12 bits per heavy atom. The van der Waals surface area contributed by atoms with Crippen LogP contribution in [0.5, 0.6) is 0 Å². The van der Waals surface area contributed by atoms with Crippen LogP contribution in [0.1, 0.15) is 29.8 Å². The van der Waals surface area contributed by atoms with Crippen LogP contribution < -0.4 is 15.5 Å². The molecule has 1 aromatic carbocycles. The molecule has 0 bridgehead atoms. The van der Waals surface area contributed by atoms with Gasteiger partial charge in [0.2, 0.25) is 0 Å². The lowest BCUT2D eigenvalue weighted by Gasteiger charge is -2.30. The zero-order valence-electron chi connectivity index (χ0n) is 17.3. The SMILES string of the molecule is O=C(Nc1cc2oc(NCCO)nc2cc1N1CCCCC1)c1csc(-c2ccn[nH]2)n1. The highest BCUT2D eigenvalue weighted by Crippen LogP contribution is 2.34. The van der Waals surface area contributed by atoms with Crippen LogP contribution in [0.3, 0.4) is 0 Å². The zero-order valence-corrected chi connectivity index (χ0v) is 18.1. The number of nitrogens with zero attached hydrogens (tertiary/aromatic N) is 4. The molecule has 0 spiro atoms. The summed E-state index contributed by atoms with van der Waals surface area (Å²) in [4.78, 5) is 24.2. The monoisotopic (exact) mass is 453 g/mol. The average molecular weight is 454 g/mol. The summed E-state index contributed by atoms with van der Waals surface area (Å²) in [5.74, 6) is -0.289. The summed E-state index contributed by atoms with van der Waals surface area (Å²) in [6.07, 6.45) is 5.06. The van der Waals surface area contributed by atoms with E-state index < -0.39 is 0 Å². The topological polar surface area (TPSA) is 132 Å². The Bertz CT molecular complexity index is 1210. The molecule has 0 unspecified atom stereocenters. The summed E-state index contributed by atoms with van der Waals surface area (Å²) < 4.78 is 5.77. The van der Waals surface area contributed by atoms with Gasteiger partial charge in [0.05, 0.1) is 23.7 Å². The Morgan fingerprint density at radius 1 is 1.25 bits per heavy atom. The van der Waals surface area contributed by atoms with Crippen molar-refractivity contribution in [3.63, 3.8) is 0 Å². The summed E-state index contributed by atoms with van der Waals surface area (Å²) in [5.41, 5.74) is 3.93. The van der Waals surface area contributed by atoms with E-state index in [1.807, 2.05) is 12.1 Å². The number of oxazole rings is 1. The van der Waals surface area contributed by atoms with Gasteiger partial charge in [0.25, 0.3) is 11.9 Å². The van der Waals surface area contributed by atoms with Crippen molar-refractivity contribution in [1.82, 2.24) is 20.2 Å². The Hall–Kier alpha value is -3.44. The molecule has 0 aliphatic carbocycles. The van der Waals surface area contributed by atoms with Gasteiger partial charge in [-0.1, -0.05) is 0 Å². The molecule has 1 amide bonds. The van der Waals surface area contributed by atoms with Crippen LogP contribution in [0, 0.1) is 0 Å². The lowest BCUT2D eigenvalue weighted by molar-refractivity contribution is 0.102. The Balaban J connectivity index is 1.45. The standard InChI is InChI=1S/C21H23N7O3S/c29-9-6-22-21-26-15-10-17(28-7-2-1-3-8-28)14(11-18(15)31-21)24-19(30)16-12-32-20(25-16)13-4-5-23-27-13/h4-5,10-12,29H,1-3,6-9H2,(H,22,26)(H,23,27)(H,24,30). The van der Waals surface area contributed by atoms with Gasteiger partial charge >= 0.3 is 0 Å². The third-order valence-electron chi connectivity index (χ3n) is 5.31. The molecule has 11 heteroatoms. The van der Waals surface area contributed by atoms with E-state index in [4.69, 9.17) is 9.52 Å². The number of carbonyl (C=O) groups excluding carboxylic acids is 1. The number of fused-ring (bicyclic) bond motifs is 1. The van der Waals surface area contributed by atoms with E-state index in [1.54, 1.807) is 17.6 Å². The van der Waals surface area contributed by atoms with Gasteiger partial charge in [-0.25, -0.2) is 4.98 Å². The number of hydrogen-bond donors (Lipinski definition) is 4. The first-order valence-electron chi connectivity index (χ1n) is 10.5. The number of aliphatic hydroxyl groups excluding tert-OH is 1. The highest BCUT2D eigenvalue weighted by molar-refractivity contribution is 7.13. The number of benzene rings is 1. The number of aromatic nitrogens is 4. The van der Waals surface area contributed by atoms with Crippen molar-refractivity contribution < 1.29 is 14.3 Å². The second-order valence-electron chi connectivity index (χ2n) is 7.52. The van der Waals surface area contributed by atoms with Gasteiger partial charge in [-0.15, -0.1) is 11.3 Å². The molecule has 4 heterocycles. The van der Waals surface area contributed by atoms with Gasteiger partial charge in [0.15, 0.2) is 5.58 Å². The van der Waals surface area contributed by atoms with Crippen LogP contribution in [0.4, 0.5) is 17.4 Å². The fraction of sp³-hybridized carbons (Fsp3) is 0.333. The Labute approximate surface area is 187 Å². The van der Waals surface area contributed by atoms with Gasteiger partial charge in [0, 0.05) is 37.3 Å². The molecule has 0 radical (unpaired) electrons. The molecule has 32 heavy (non-hydrogen) atoms. The van der Waals surface area contributed by atoms with Crippen LogP contribution in [-0.2, 0) is 0 Å². The number of H-pyrrole nitrogens is 1. The van der Waals surface area contributed by atoms with Crippen LogP contribution in [0.15, 0.2) is 34.2 Å². The maximum Gasteiger partial charge on any atom is 0.295 e. The van der Waals surface area contributed by atoms with E-state index in [0.29, 0.717) is 40.0 Å². The van der Waals surface area contributed by atoms with Gasteiger partial charge in [-0.2, -0.15) is 10.1 Å². The average Bonchev–Trinajstić information content (AvgIpc) is 3.57. The molecule has 5 rings (SSSR count). The number of nitrogens with one attached hydrogen (secondary N) is 3. The number of amides is 1. The number of anilines is 3. The highest BCUT2D eigenvalue weighted by Gasteiger charge is 2.21. The zero-order chi connectivity index (χ0) is 21.9. The van der Waals surface area contributed by atoms with Gasteiger partial charge in [-0.05, 0) is 31.4 Å². The molecular formula is C21H23N7O3S. The first kappa shape index (κ1) is 20.5. The molecule has 4 N–H and O–H groups in total. The van der Waals surface area contributed by atoms with Crippen molar-refractivity contribution >= 4 is 45.7 Å². The summed E-state index contributed by atoms with van der Waals surface area (Å²) in [6.45, 7) is 2.16. The van der Waals surface area contributed by atoms with Crippen molar-refractivity contribution in [1.29, 1.82) is 0 Å². The van der Waals surface area contributed by atoms with Crippen LogP contribution in [0.25, 0.3) is 21.8 Å². The molecule has 0 atom stereocenters. The highest BCUT2D eigenvalue weighted by atomic mass is 32.1. The summed E-state index contributed by atoms with van der Waals surface area (Å²) in [7, 11) is 0.